The topological polar surface area (TPSA) is 62.6 Å². The first-order chi connectivity index (χ1) is 15.4. The van der Waals surface area contributed by atoms with Crippen molar-refractivity contribution in [3.05, 3.63) is 86.4 Å². The van der Waals surface area contributed by atoms with Crippen LogP contribution in [0.3, 0.4) is 0 Å². The first-order valence-electron chi connectivity index (χ1n) is 9.52. The van der Waals surface area contributed by atoms with Crippen LogP contribution < -0.4 is 5.32 Å². The summed E-state index contributed by atoms with van der Waals surface area (Å²) in [5, 5.41) is 3.39. The first-order valence-corrected chi connectivity index (χ1v) is 11.9. The Balaban J connectivity index is 1.40. The molecule has 9 heteroatoms. The second kappa shape index (κ2) is 10.0. The Kier molecular flexibility index (Phi) is 7.15. The van der Waals surface area contributed by atoms with Gasteiger partial charge in [-0.05, 0) is 42.0 Å². The number of benzene rings is 2. The molecule has 32 heavy (non-hydrogen) atoms. The normalized spacial score (nSPS) is 14.9. The van der Waals surface area contributed by atoms with Crippen molar-refractivity contribution < 1.29 is 14.0 Å². The van der Waals surface area contributed by atoms with E-state index < -0.39 is 0 Å². The molecule has 2 amide bonds. The molecule has 1 fully saturated rings. The molecule has 0 atom stereocenters. The molecule has 1 aliphatic heterocycles. The van der Waals surface area contributed by atoms with E-state index in [1.165, 1.54) is 4.90 Å². The van der Waals surface area contributed by atoms with Gasteiger partial charge >= 0.3 is 0 Å². The molecule has 0 aliphatic carbocycles. The van der Waals surface area contributed by atoms with Gasteiger partial charge in [-0.1, -0.05) is 75.8 Å². The summed E-state index contributed by atoms with van der Waals surface area (Å²) in [5.41, 5.74) is 1.72. The lowest BCUT2D eigenvalue weighted by atomic mass is 10.2. The number of amides is 2. The summed E-state index contributed by atoms with van der Waals surface area (Å²) in [6.07, 6.45) is 1.62. The summed E-state index contributed by atoms with van der Waals surface area (Å²) in [7, 11) is 0. The molecule has 2 heterocycles. The number of hydrogen-bond acceptors (Lipinski definition) is 5. The maximum Gasteiger partial charge on any atom is 0.266 e. The SMILES string of the molecule is O=C(CN1C(=O)C(=Cc2ccc(-c3ccccc3Cl)o2)SC1=S)NCc1ccc(Br)cc1. The van der Waals surface area contributed by atoms with Crippen LogP contribution in [-0.2, 0) is 16.1 Å². The fraction of sp³-hybridized carbons (Fsp3) is 0.0870. The lowest BCUT2D eigenvalue weighted by Gasteiger charge is -2.14. The van der Waals surface area contributed by atoms with Gasteiger partial charge in [-0.25, -0.2) is 0 Å². The predicted molar refractivity (Wildman–Crippen MR) is 135 cm³/mol. The second-order valence-corrected chi connectivity index (χ2v) is 9.85. The molecule has 0 radical (unpaired) electrons. The Hall–Kier alpha value is -2.39. The third-order valence-electron chi connectivity index (χ3n) is 4.62. The Morgan fingerprint density at radius 2 is 1.91 bits per heavy atom. The zero-order valence-corrected chi connectivity index (χ0v) is 20.5. The molecule has 0 spiro atoms. The quantitative estimate of drug-likeness (QED) is 0.308. The van der Waals surface area contributed by atoms with Gasteiger partial charge in [0.25, 0.3) is 5.91 Å². The Morgan fingerprint density at radius 3 is 2.66 bits per heavy atom. The Morgan fingerprint density at radius 1 is 1.16 bits per heavy atom. The number of nitrogens with one attached hydrogen (secondary N) is 1. The van der Waals surface area contributed by atoms with Gasteiger partial charge < -0.3 is 9.73 Å². The molecule has 2 aromatic carbocycles. The van der Waals surface area contributed by atoms with Crippen LogP contribution in [0.25, 0.3) is 17.4 Å². The highest BCUT2D eigenvalue weighted by atomic mass is 79.9. The molecule has 0 unspecified atom stereocenters. The maximum absolute atomic E-state index is 12.8. The van der Waals surface area contributed by atoms with Gasteiger partial charge in [0.15, 0.2) is 0 Å². The highest BCUT2D eigenvalue weighted by Gasteiger charge is 2.33. The van der Waals surface area contributed by atoms with E-state index in [0.717, 1.165) is 27.4 Å². The van der Waals surface area contributed by atoms with E-state index in [1.54, 1.807) is 24.3 Å². The van der Waals surface area contributed by atoms with Crippen molar-refractivity contribution in [3.8, 4) is 11.3 Å². The number of thioether (sulfide) groups is 1. The highest BCUT2D eigenvalue weighted by Crippen LogP contribution is 2.34. The molecule has 0 saturated carbocycles. The summed E-state index contributed by atoms with van der Waals surface area (Å²) < 4.78 is 7.13. The van der Waals surface area contributed by atoms with Crippen molar-refractivity contribution in [2.75, 3.05) is 6.54 Å². The van der Waals surface area contributed by atoms with E-state index in [1.807, 2.05) is 42.5 Å². The fourth-order valence-electron chi connectivity index (χ4n) is 3.00. The summed E-state index contributed by atoms with van der Waals surface area (Å²) >= 11 is 16.1. The molecule has 1 aliphatic rings. The summed E-state index contributed by atoms with van der Waals surface area (Å²) in [4.78, 5) is 26.8. The van der Waals surface area contributed by atoms with Crippen molar-refractivity contribution in [2.24, 2.45) is 0 Å². The number of carbonyl (C=O) groups is 2. The van der Waals surface area contributed by atoms with E-state index in [9.17, 15) is 9.59 Å². The summed E-state index contributed by atoms with van der Waals surface area (Å²) in [6, 6.07) is 18.5. The number of thiocarbonyl (C=S) groups is 1. The molecule has 5 nitrogen and oxygen atoms in total. The Bertz CT molecular complexity index is 1220. The number of furan rings is 1. The van der Waals surface area contributed by atoms with Crippen molar-refractivity contribution >= 4 is 73.7 Å². The van der Waals surface area contributed by atoms with E-state index in [2.05, 4.69) is 21.2 Å². The number of carbonyl (C=O) groups excluding carboxylic acids is 2. The number of halogens is 2. The molecular formula is C23H16BrClN2O3S2. The standard InChI is InChI=1S/C23H16BrClN2O3S2/c24-15-7-5-14(6-8-15)12-26-21(28)13-27-22(29)20(32-23(27)31)11-16-9-10-19(30-16)17-3-1-2-4-18(17)25/h1-11H,12-13H2,(H,26,28). The molecule has 1 saturated heterocycles. The third-order valence-corrected chi connectivity index (χ3v) is 6.85. The van der Waals surface area contributed by atoms with Gasteiger partial charge in [-0.3, -0.25) is 14.5 Å². The van der Waals surface area contributed by atoms with E-state index in [0.29, 0.717) is 32.3 Å². The molecule has 1 aromatic heterocycles. The zero-order valence-electron chi connectivity index (χ0n) is 16.5. The van der Waals surface area contributed by atoms with Crippen molar-refractivity contribution in [2.45, 2.75) is 6.54 Å². The van der Waals surface area contributed by atoms with Crippen LogP contribution in [-0.4, -0.2) is 27.6 Å². The first kappa shape index (κ1) is 22.8. The molecule has 4 rings (SSSR count). The van der Waals surface area contributed by atoms with Crippen molar-refractivity contribution in [1.29, 1.82) is 0 Å². The highest BCUT2D eigenvalue weighted by molar-refractivity contribution is 9.10. The van der Waals surface area contributed by atoms with Gasteiger partial charge in [0.2, 0.25) is 5.91 Å². The van der Waals surface area contributed by atoms with Crippen LogP contribution in [0.5, 0.6) is 0 Å². The van der Waals surface area contributed by atoms with E-state index in [4.69, 9.17) is 28.2 Å². The van der Waals surface area contributed by atoms with Crippen LogP contribution in [0.2, 0.25) is 5.02 Å². The van der Waals surface area contributed by atoms with Crippen LogP contribution in [0.15, 0.2) is 74.5 Å². The second-order valence-electron chi connectivity index (χ2n) is 6.85. The van der Waals surface area contributed by atoms with Crippen LogP contribution >= 0.6 is 51.5 Å². The predicted octanol–water partition coefficient (Wildman–Crippen LogP) is 5.88. The minimum atomic E-state index is -0.325. The third kappa shape index (κ3) is 5.32. The van der Waals surface area contributed by atoms with Crippen LogP contribution in [0.1, 0.15) is 11.3 Å². The average molecular weight is 548 g/mol. The van der Waals surface area contributed by atoms with Gasteiger partial charge in [0, 0.05) is 22.7 Å². The Labute approximate surface area is 207 Å². The molecule has 0 bridgehead atoms. The average Bonchev–Trinajstić information content (AvgIpc) is 3.34. The molecule has 1 N–H and O–H groups in total. The van der Waals surface area contributed by atoms with Crippen LogP contribution in [0, 0.1) is 0 Å². The number of hydrogen-bond donors (Lipinski definition) is 1. The van der Waals surface area contributed by atoms with Gasteiger partial charge in [-0.15, -0.1) is 0 Å². The number of rotatable bonds is 6. The van der Waals surface area contributed by atoms with Gasteiger partial charge in [-0.2, -0.15) is 0 Å². The molecule has 3 aromatic rings. The van der Waals surface area contributed by atoms with Gasteiger partial charge in [0.1, 0.15) is 22.4 Å². The van der Waals surface area contributed by atoms with Gasteiger partial charge in [0.05, 0.1) is 9.93 Å². The minimum Gasteiger partial charge on any atom is -0.457 e. The monoisotopic (exact) mass is 546 g/mol. The maximum atomic E-state index is 12.8. The summed E-state index contributed by atoms with van der Waals surface area (Å²) in [6.45, 7) is 0.232. The van der Waals surface area contributed by atoms with E-state index in [-0.39, 0.29) is 18.4 Å². The van der Waals surface area contributed by atoms with Crippen molar-refractivity contribution in [1.82, 2.24) is 10.2 Å². The fourth-order valence-corrected chi connectivity index (χ4v) is 4.73. The largest absolute Gasteiger partial charge is 0.457 e. The smallest absolute Gasteiger partial charge is 0.266 e. The molecule has 162 valence electrons. The zero-order chi connectivity index (χ0) is 22.7. The minimum absolute atomic E-state index is 0.137. The summed E-state index contributed by atoms with van der Waals surface area (Å²) in [5.74, 6) is 0.490. The lowest BCUT2D eigenvalue weighted by Crippen LogP contribution is -2.39. The van der Waals surface area contributed by atoms with E-state index >= 15 is 0 Å². The lowest BCUT2D eigenvalue weighted by molar-refractivity contribution is -0.128. The van der Waals surface area contributed by atoms with Crippen LogP contribution in [0.4, 0.5) is 0 Å². The number of nitrogens with zero attached hydrogens (tertiary/aromatic N) is 1. The van der Waals surface area contributed by atoms with Crippen molar-refractivity contribution in [3.63, 3.8) is 0 Å². The molecular weight excluding hydrogens is 532 g/mol.